The zero-order chi connectivity index (χ0) is 16.5. The Hall–Kier alpha value is -2.16. The molecular weight excluding hydrogens is 290 g/mol. The van der Waals surface area contributed by atoms with Gasteiger partial charge in [0.2, 0.25) is 5.91 Å². The number of hydrogen-bond donors (Lipinski definition) is 0. The third-order valence-corrected chi connectivity index (χ3v) is 4.00. The highest BCUT2D eigenvalue weighted by Gasteiger charge is 2.17. The molecule has 1 aromatic rings. The van der Waals surface area contributed by atoms with Gasteiger partial charge in [-0.25, -0.2) is 0 Å². The van der Waals surface area contributed by atoms with E-state index in [1.807, 2.05) is 23.1 Å². The molecule has 0 aliphatic carbocycles. The first-order valence-corrected chi connectivity index (χ1v) is 7.92. The van der Waals surface area contributed by atoms with Crippen molar-refractivity contribution in [2.24, 2.45) is 0 Å². The molecule has 1 saturated heterocycles. The minimum atomic E-state index is 0.00587. The normalized spacial score (nSPS) is 16.3. The molecule has 2 rings (SSSR count). The molecule has 0 spiro atoms. The number of rotatable bonds is 5. The van der Waals surface area contributed by atoms with Crippen molar-refractivity contribution in [3.63, 3.8) is 0 Å². The van der Waals surface area contributed by atoms with Gasteiger partial charge >= 0.3 is 0 Å². The van der Waals surface area contributed by atoms with Gasteiger partial charge in [0.05, 0.1) is 18.2 Å². The Morgan fingerprint density at radius 2 is 2.13 bits per heavy atom. The summed E-state index contributed by atoms with van der Waals surface area (Å²) < 4.78 is 5.11. The highest BCUT2D eigenvalue weighted by molar-refractivity contribution is 5.92. The van der Waals surface area contributed by atoms with Crippen molar-refractivity contribution >= 4 is 12.0 Å². The van der Waals surface area contributed by atoms with Crippen LogP contribution >= 0.6 is 0 Å². The molecule has 0 radical (unpaired) electrons. The molecule has 1 aliphatic rings. The van der Waals surface area contributed by atoms with Crippen molar-refractivity contribution in [2.45, 2.75) is 6.42 Å². The number of benzene rings is 1. The molecule has 0 N–H and O–H groups in total. The largest absolute Gasteiger partial charge is 0.383 e. The van der Waals surface area contributed by atoms with Crippen molar-refractivity contribution in [3.8, 4) is 6.07 Å². The maximum Gasteiger partial charge on any atom is 0.246 e. The molecule has 5 heteroatoms. The fourth-order valence-electron chi connectivity index (χ4n) is 2.65. The number of methoxy groups -OCH3 is 1. The summed E-state index contributed by atoms with van der Waals surface area (Å²) in [5.74, 6) is 0.00587. The van der Waals surface area contributed by atoms with E-state index in [0.29, 0.717) is 5.56 Å². The van der Waals surface area contributed by atoms with Gasteiger partial charge < -0.3 is 9.64 Å². The van der Waals surface area contributed by atoms with Gasteiger partial charge in [-0.05, 0) is 30.7 Å². The molecule has 1 aromatic carbocycles. The lowest BCUT2D eigenvalue weighted by Crippen LogP contribution is -2.35. The van der Waals surface area contributed by atoms with E-state index < -0.39 is 0 Å². The summed E-state index contributed by atoms with van der Waals surface area (Å²) in [5.41, 5.74) is 1.36. The molecule has 5 nitrogen and oxygen atoms in total. The first-order valence-electron chi connectivity index (χ1n) is 7.92. The van der Waals surface area contributed by atoms with Crippen LogP contribution in [0.15, 0.2) is 30.3 Å². The Bertz CT molecular complexity index is 592. The first kappa shape index (κ1) is 17.2. The zero-order valence-electron chi connectivity index (χ0n) is 13.6. The number of hydrogen-bond acceptors (Lipinski definition) is 4. The third kappa shape index (κ3) is 5.20. The Morgan fingerprint density at radius 3 is 2.91 bits per heavy atom. The number of carbonyl (C=O) groups excluding carboxylic acids is 1. The highest BCUT2D eigenvalue weighted by Crippen LogP contribution is 2.10. The lowest BCUT2D eigenvalue weighted by atomic mass is 10.1. The minimum Gasteiger partial charge on any atom is -0.383 e. The number of nitriles is 1. The van der Waals surface area contributed by atoms with Crippen LogP contribution in [0.1, 0.15) is 17.5 Å². The van der Waals surface area contributed by atoms with Gasteiger partial charge in [0.25, 0.3) is 0 Å². The number of amides is 1. The second-order valence-electron chi connectivity index (χ2n) is 5.55. The van der Waals surface area contributed by atoms with Crippen molar-refractivity contribution in [2.75, 3.05) is 46.4 Å². The number of nitrogens with zero attached hydrogens (tertiary/aromatic N) is 3. The van der Waals surface area contributed by atoms with Crippen molar-refractivity contribution in [3.05, 3.63) is 41.5 Å². The van der Waals surface area contributed by atoms with E-state index in [-0.39, 0.29) is 5.91 Å². The predicted octanol–water partition coefficient (Wildman–Crippen LogP) is 1.75. The molecule has 0 atom stereocenters. The Morgan fingerprint density at radius 1 is 1.30 bits per heavy atom. The third-order valence-electron chi connectivity index (χ3n) is 4.00. The average molecular weight is 313 g/mol. The van der Waals surface area contributed by atoms with E-state index in [1.165, 1.54) is 0 Å². The fraction of sp³-hybridized carbons (Fsp3) is 0.444. The standard InChI is InChI=1S/C18H23N3O2/c1-23-14-13-20-9-4-10-21(12-11-20)18(22)8-7-16-5-2-3-6-17(16)15-19/h2-3,5-8H,4,9-14H2,1H3/b8-7+. The molecule has 0 bridgehead atoms. The SMILES string of the molecule is COCCN1CCCN(C(=O)/C=C/c2ccccc2C#N)CC1. The number of ether oxygens (including phenoxy) is 1. The number of carbonyl (C=O) groups is 1. The van der Waals surface area contributed by atoms with E-state index >= 15 is 0 Å². The molecule has 23 heavy (non-hydrogen) atoms. The van der Waals surface area contributed by atoms with Gasteiger partial charge in [0.15, 0.2) is 0 Å². The van der Waals surface area contributed by atoms with E-state index in [0.717, 1.165) is 51.3 Å². The van der Waals surface area contributed by atoms with Crippen LogP contribution in [-0.2, 0) is 9.53 Å². The quantitative estimate of drug-likeness (QED) is 0.777. The topological polar surface area (TPSA) is 56.6 Å². The lowest BCUT2D eigenvalue weighted by Gasteiger charge is -2.20. The zero-order valence-corrected chi connectivity index (χ0v) is 13.6. The van der Waals surface area contributed by atoms with Gasteiger partial charge in [0, 0.05) is 39.4 Å². The van der Waals surface area contributed by atoms with Crippen LogP contribution < -0.4 is 0 Å². The summed E-state index contributed by atoms with van der Waals surface area (Å²) in [6.07, 6.45) is 4.27. The molecule has 1 aliphatic heterocycles. The molecule has 0 unspecified atom stereocenters. The molecule has 1 heterocycles. The second-order valence-corrected chi connectivity index (χ2v) is 5.55. The summed E-state index contributed by atoms with van der Waals surface area (Å²) in [6.45, 7) is 4.99. The molecular formula is C18H23N3O2. The summed E-state index contributed by atoms with van der Waals surface area (Å²) >= 11 is 0. The summed E-state index contributed by atoms with van der Waals surface area (Å²) in [7, 11) is 1.71. The average Bonchev–Trinajstić information content (AvgIpc) is 2.83. The smallest absolute Gasteiger partial charge is 0.246 e. The second kappa shape index (κ2) is 9.09. The van der Waals surface area contributed by atoms with Crippen LogP contribution in [-0.4, -0.2) is 62.1 Å². The van der Waals surface area contributed by atoms with E-state index in [1.54, 1.807) is 25.3 Å². The molecule has 0 saturated carbocycles. The fourth-order valence-corrected chi connectivity index (χ4v) is 2.65. The Kier molecular flexibility index (Phi) is 6.79. The highest BCUT2D eigenvalue weighted by atomic mass is 16.5. The van der Waals surface area contributed by atoms with Crippen LogP contribution in [0.5, 0.6) is 0 Å². The van der Waals surface area contributed by atoms with Crippen molar-refractivity contribution < 1.29 is 9.53 Å². The molecule has 1 amide bonds. The first-order chi connectivity index (χ1) is 11.2. The lowest BCUT2D eigenvalue weighted by molar-refractivity contribution is -0.125. The molecule has 122 valence electrons. The molecule has 0 aromatic heterocycles. The van der Waals surface area contributed by atoms with Crippen LogP contribution in [0.4, 0.5) is 0 Å². The van der Waals surface area contributed by atoms with Gasteiger partial charge in [-0.3, -0.25) is 9.69 Å². The molecule has 1 fully saturated rings. The van der Waals surface area contributed by atoms with Crippen LogP contribution in [0, 0.1) is 11.3 Å². The van der Waals surface area contributed by atoms with E-state index in [9.17, 15) is 4.79 Å². The van der Waals surface area contributed by atoms with Gasteiger partial charge in [0.1, 0.15) is 0 Å². The Balaban J connectivity index is 1.93. The van der Waals surface area contributed by atoms with E-state index in [4.69, 9.17) is 10.00 Å². The van der Waals surface area contributed by atoms with Crippen LogP contribution in [0.3, 0.4) is 0 Å². The van der Waals surface area contributed by atoms with Crippen molar-refractivity contribution in [1.29, 1.82) is 5.26 Å². The van der Waals surface area contributed by atoms with Crippen LogP contribution in [0.25, 0.3) is 6.08 Å². The summed E-state index contributed by atoms with van der Waals surface area (Å²) in [6, 6.07) is 9.42. The van der Waals surface area contributed by atoms with Crippen LogP contribution in [0.2, 0.25) is 0 Å². The van der Waals surface area contributed by atoms with Crippen molar-refractivity contribution in [1.82, 2.24) is 9.80 Å². The summed E-state index contributed by atoms with van der Waals surface area (Å²) in [5, 5.41) is 9.07. The maximum atomic E-state index is 12.4. The van der Waals surface area contributed by atoms with Gasteiger partial charge in [-0.1, -0.05) is 18.2 Å². The predicted molar refractivity (Wildman–Crippen MR) is 89.7 cm³/mol. The monoisotopic (exact) mass is 313 g/mol. The maximum absolute atomic E-state index is 12.4. The minimum absolute atomic E-state index is 0.00587. The Labute approximate surface area is 137 Å². The van der Waals surface area contributed by atoms with E-state index in [2.05, 4.69) is 11.0 Å². The van der Waals surface area contributed by atoms with Gasteiger partial charge in [-0.2, -0.15) is 5.26 Å². The summed E-state index contributed by atoms with van der Waals surface area (Å²) in [4.78, 5) is 16.6. The van der Waals surface area contributed by atoms with Gasteiger partial charge in [-0.15, -0.1) is 0 Å².